The molecule has 1 aliphatic heterocycles. The van der Waals surface area contributed by atoms with Gasteiger partial charge in [-0.25, -0.2) is 13.9 Å². The van der Waals surface area contributed by atoms with E-state index in [9.17, 15) is 18.0 Å². The van der Waals surface area contributed by atoms with Crippen LogP contribution in [0.3, 0.4) is 0 Å². The maximum Gasteiger partial charge on any atom is 0.262 e. The van der Waals surface area contributed by atoms with E-state index in [2.05, 4.69) is 5.32 Å². The molecule has 10 nitrogen and oxygen atoms in total. The fourth-order valence-electron chi connectivity index (χ4n) is 3.26. The van der Waals surface area contributed by atoms with E-state index in [1.165, 1.54) is 29.7 Å². The Kier molecular flexibility index (Phi) is 5.95. The average molecular weight is 457 g/mol. The minimum Gasteiger partial charge on any atom is -0.464 e. The number of nitrogens with one attached hydrogen (secondary N) is 2. The molecule has 2 amide bonds. The van der Waals surface area contributed by atoms with Crippen LogP contribution in [0.4, 0.5) is 0 Å². The molecule has 3 aromatic rings. The SMILES string of the molecule is O=C1C[C@H](C(=O)NO)N(S(=O)(=O)c2ccc(Oc3ccc(-c4ccco4)cc3)cc2)CN1. The molecular weight excluding hydrogens is 438 g/mol. The Morgan fingerprint density at radius 1 is 1.09 bits per heavy atom. The van der Waals surface area contributed by atoms with Gasteiger partial charge in [0.15, 0.2) is 0 Å². The van der Waals surface area contributed by atoms with Gasteiger partial charge in [-0.05, 0) is 60.7 Å². The second kappa shape index (κ2) is 8.83. The van der Waals surface area contributed by atoms with Crippen LogP contribution in [-0.4, -0.2) is 42.5 Å². The van der Waals surface area contributed by atoms with Crippen molar-refractivity contribution in [2.75, 3.05) is 6.67 Å². The number of hydrogen-bond donors (Lipinski definition) is 3. The van der Waals surface area contributed by atoms with Gasteiger partial charge in [-0.1, -0.05) is 0 Å². The molecule has 11 heteroatoms. The van der Waals surface area contributed by atoms with Crippen LogP contribution in [0.25, 0.3) is 11.3 Å². The van der Waals surface area contributed by atoms with Gasteiger partial charge >= 0.3 is 0 Å². The smallest absolute Gasteiger partial charge is 0.262 e. The van der Waals surface area contributed by atoms with Gasteiger partial charge < -0.3 is 14.5 Å². The molecular formula is C21H19N3O7S. The molecule has 1 aliphatic rings. The number of carbonyl (C=O) groups excluding carboxylic acids is 2. The normalized spacial score (nSPS) is 16.9. The van der Waals surface area contributed by atoms with Crippen LogP contribution in [0.1, 0.15) is 6.42 Å². The molecule has 0 aliphatic carbocycles. The minimum atomic E-state index is -4.13. The standard InChI is InChI=1S/C21H19N3O7S/c25-20-12-18(21(26)23-27)24(13-22-20)32(28,29)17-9-7-16(8-10-17)31-15-5-3-14(4-6-15)19-2-1-11-30-19/h1-11,18,27H,12-13H2,(H,22,25)(H,23,26)/t18-/m1/s1. The highest BCUT2D eigenvalue weighted by molar-refractivity contribution is 7.89. The number of sulfonamides is 1. The highest BCUT2D eigenvalue weighted by Gasteiger charge is 2.40. The monoisotopic (exact) mass is 457 g/mol. The fourth-order valence-corrected chi connectivity index (χ4v) is 4.75. The summed E-state index contributed by atoms with van der Waals surface area (Å²) < 4.78 is 37.9. The summed E-state index contributed by atoms with van der Waals surface area (Å²) in [6.07, 6.45) is 1.19. The Labute approximate surface area is 183 Å². The van der Waals surface area contributed by atoms with Crippen molar-refractivity contribution >= 4 is 21.8 Å². The van der Waals surface area contributed by atoms with E-state index in [0.29, 0.717) is 11.5 Å². The van der Waals surface area contributed by atoms with Crippen molar-refractivity contribution in [3.05, 3.63) is 66.9 Å². The average Bonchev–Trinajstić information content (AvgIpc) is 3.34. The van der Waals surface area contributed by atoms with Crippen LogP contribution in [0, 0.1) is 0 Å². The van der Waals surface area contributed by atoms with E-state index in [4.69, 9.17) is 14.4 Å². The molecule has 1 fully saturated rings. The number of ether oxygens (including phenoxy) is 1. The number of benzene rings is 2. The van der Waals surface area contributed by atoms with Crippen LogP contribution in [0.2, 0.25) is 0 Å². The first-order valence-electron chi connectivity index (χ1n) is 9.53. The molecule has 0 spiro atoms. The first-order valence-corrected chi connectivity index (χ1v) is 11.0. The van der Waals surface area contributed by atoms with Crippen molar-refractivity contribution in [1.29, 1.82) is 0 Å². The van der Waals surface area contributed by atoms with Crippen LogP contribution >= 0.6 is 0 Å². The minimum absolute atomic E-state index is 0.0927. The predicted molar refractivity (Wildman–Crippen MR) is 111 cm³/mol. The van der Waals surface area contributed by atoms with Crippen molar-refractivity contribution < 1.29 is 32.4 Å². The second-order valence-electron chi connectivity index (χ2n) is 6.92. The van der Waals surface area contributed by atoms with Crippen molar-refractivity contribution in [3.63, 3.8) is 0 Å². The Balaban J connectivity index is 1.50. The molecule has 1 atom stereocenters. The zero-order chi connectivity index (χ0) is 22.7. The van der Waals surface area contributed by atoms with Gasteiger partial charge in [-0.3, -0.25) is 14.8 Å². The quantitative estimate of drug-likeness (QED) is 0.380. The second-order valence-corrected chi connectivity index (χ2v) is 8.81. The molecule has 166 valence electrons. The summed E-state index contributed by atoms with van der Waals surface area (Å²) in [6, 6.07) is 15.1. The number of hydrogen-bond acceptors (Lipinski definition) is 7. The topological polar surface area (TPSA) is 138 Å². The van der Waals surface area contributed by atoms with Crippen molar-refractivity contribution in [3.8, 4) is 22.8 Å². The Bertz CT molecular complexity index is 1210. The molecule has 2 heterocycles. The predicted octanol–water partition coefficient (Wildman–Crippen LogP) is 2.08. The van der Waals surface area contributed by atoms with Gasteiger partial charge in [-0.15, -0.1) is 0 Å². The summed E-state index contributed by atoms with van der Waals surface area (Å²) in [4.78, 5) is 23.4. The number of hydroxylamine groups is 1. The highest BCUT2D eigenvalue weighted by atomic mass is 32.2. The molecule has 2 aromatic carbocycles. The Morgan fingerprint density at radius 2 is 1.75 bits per heavy atom. The lowest BCUT2D eigenvalue weighted by atomic mass is 10.1. The third-order valence-electron chi connectivity index (χ3n) is 4.90. The lowest BCUT2D eigenvalue weighted by molar-refractivity contribution is -0.138. The third kappa shape index (κ3) is 4.35. The first kappa shape index (κ1) is 21.6. The van der Waals surface area contributed by atoms with E-state index in [1.54, 1.807) is 24.5 Å². The van der Waals surface area contributed by atoms with E-state index in [0.717, 1.165) is 15.6 Å². The van der Waals surface area contributed by atoms with Crippen molar-refractivity contribution in [2.24, 2.45) is 0 Å². The number of rotatable bonds is 6. The van der Waals surface area contributed by atoms with E-state index >= 15 is 0 Å². The summed E-state index contributed by atoms with van der Waals surface area (Å²) in [5.41, 5.74) is 2.29. The maximum absolute atomic E-state index is 13.0. The van der Waals surface area contributed by atoms with Gasteiger partial charge in [-0.2, -0.15) is 4.31 Å². The number of nitrogens with zero attached hydrogens (tertiary/aromatic N) is 1. The Hall–Kier alpha value is -3.67. The van der Waals surface area contributed by atoms with Gasteiger partial charge in [0.1, 0.15) is 23.3 Å². The number of amides is 2. The summed E-state index contributed by atoms with van der Waals surface area (Å²) >= 11 is 0. The molecule has 1 aromatic heterocycles. The summed E-state index contributed by atoms with van der Waals surface area (Å²) in [5.74, 6) is 0.210. The van der Waals surface area contributed by atoms with Gasteiger partial charge in [0.25, 0.3) is 5.91 Å². The molecule has 3 N–H and O–H groups in total. The summed E-state index contributed by atoms with van der Waals surface area (Å²) in [7, 11) is -4.13. The van der Waals surface area contributed by atoms with Crippen molar-refractivity contribution in [1.82, 2.24) is 15.1 Å². The third-order valence-corrected chi connectivity index (χ3v) is 6.77. The summed E-state index contributed by atoms with van der Waals surface area (Å²) in [6.45, 7) is -0.389. The lowest BCUT2D eigenvalue weighted by Gasteiger charge is -2.32. The van der Waals surface area contributed by atoms with Crippen molar-refractivity contribution in [2.45, 2.75) is 17.4 Å². The molecule has 1 saturated heterocycles. The molecule has 0 bridgehead atoms. The number of carbonyl (C=O) groups is 2. The van der Waals surface area contributed by atoms with E-state index in [-0.39, 0.29) is 11.6 Å². The van der Waals surface area contributed by atoms with Crippen LogP contribution < -0.4 is 15.5 Å². The fraction of sp³-hybridized carbons (Fsp3) is 0.143. The van der Waals surface area contributed by atoms with Gasteiger partial charge in [0, 0.05) is 5.56 Å². The zero-order valence-electron chi connectivity index (χ0n) is 16.6. The van der Waals surface area contributed by atoms with Gasteiger partial charge in [0.05, 0.1) is 24.2 Å². The molecule has 32 heavy (non-hydrogen) atoms. The summed E-state index contributed by atoms with van der Waals surface area (Å²) in [5, 5.41) is 11.3. The van der Waals surface area contributed by atoms with E-state index in [1.807, 2.05) is 18.2 Å². The first-order chi connectivity index (χ1) is 15.4. The van der Waals surface area contributed by atoms with Gasteiger partial charge in [0.2, 0.25) is 15.9 Å². The molecule has 0 saturated carbocycles. The van der Waals surface area contributed by atoms with Crippen LogP contribution in [0.15, 0.2) is 76.2 Å². The molecule has 0 unspecified atom stereocenters. The van der Waals surface area contributed by atoms with Crippen LogP contribution in [-0.2, 0) is 19.6 Å². The largest absolute Gasteiger partial charge is 0.464 e. The molecule has 4 rings (SSSR count). The van der Waals surface area contributed by atoms with Crippen LogP contribution in [0.5, 0.6) is 11.5 Å². The van der Waals surface area contributed by atoms with E-state index < -0.39 is 34.3 Å². The Morgan fingerprint density at radius 3 is 2.34 bits per heavy atom. The highest BCUT2D eigenvalue weighted by Crippen LogP contribution is 2.28. The molecule has 0 radical (unpaired) electrons. The zero-order valence-corrected chi connectivity index (χ0v) is 17.4. The maximum atomic E-state index is 13.0. The number of furan rings is 1. The lowest BCUT2D eigenvalue weighted by Crippen LogP contribution is -2.58.